The third-order valence-corrected chi connectivity index (χ3v) is 3.95. The Balaban J connectivity index is 2.64. The van der Waals surface area contributed by atoms with Crippen LogP contribution in [0.4, 0.5) is 0 Å². The first kappa shape index (κ1) is 16.4. The predicted octanol–water partition coefficient (Wildman–Crippen LogP) is 0.670. The summed E-state index contributed by atoms with van der Waals surface area (Å²) < 4.78 is 5.10. The molecule has 0 spiro atoms. The Labute approximate surface area is 116 Å². The lowest BCUT2D eigenvalue weighted by molar-refractivity contribution is -0.134. The number of methoxy groups -OCH3 is 1. The Morgan fingerprint density at radius 2 is 2.16 bits per heavy atom. The van der Waals surface area contributed by atoms with Crippen LogP contribution in [0.5, 0.6) is 0 Å². The molecule has 1 amide bonds. The minimum Gasteiger partial charge on any atom is -0.396 e. The number of aliphatic hydroxyl groups is 1. The number of ether oxygens (including phenoxy) is 1. The highest BCUT2D eigenvalue weighted by Gasteiger charge is 2.39. The van der Waals surface area contributed by atoms with E-state index in [0.29, 0.717) is 13.0 Å². The van der Waals surface area contributed by atoms with Crippen molar-refractivity contribution < 1.29 is 14.6 Å². The Kier molecular flexibility index (Phi) is 7.34. The van der Waals surface area contributed by atoms with Crippen molar-refractivity contribution in [3.8, 4) is 0 Å². The van der Waals surface area contributed by atoms with Crippen LogP contribution >= 0.6 is 0 Å². The zero-order valence-electron chi connectivity index (χ0n) is 12.2. The lowest BCUT2D eigenvalue weighted by atomic mass is 9.74. The first-order valence-corrected chi connectivity index (χ1v) is 7.30. The number of carbonyl (C=O) groups excluding carboxylic acids is 1. The molecule has 1 fully saturated rings. The van der Waals surface area contributed by atoms with Gasteiger partial charge in [0.1, 0.15) is 0 Å². The molecule has 3 N–H and O–H groups in total. The smallest absolute Gasteiger partial charge is 0.226 e. The second kappa shape index (κ2) is 8.51. The average molecular weight is 272 g/mol. The minimum absolute atomic E-state index is 0.0661. The van der Waals surface area contributed by atoms with E-state index in [1.165, 1.54) is 0 Å². The van der Waals surface area contributed by atoms with E-state index in [4.69, 9.17) is 9.84 Å². The van der Waals surface area contributed by atoms with Gasteiger partial charge in [-0.1, -0.05) is 13.3 Å². The summed E-state index contributed by atoms with van der Waals surface area (Å²) in [6.07, 6.45) is 4.28. The summed E-state index contributed by atoms with van der Waals surface area (Å²) in [5.41, 5.74) is -0.235. The predicted molar refractivity (Wildman–Crippen MR) is 75.0 cm³/mol. The number of piperidine rings is 1. The molecule has 19 heavy (non-hydrogen) atoms. The zero-order chi connectivity index (χ0) is 14.1. The first-order chi connectivity index (χ1) is 9.18. The molecule has 0 aromatic rings. The van der Waals surface area contributed by atoms with Crippen molar-refractivity contribution in [1.82, 2.24) is 10.6 Å². The fraction of sp³-hybridized carbons (Fsp3) is 0.929. The van der Waals surface area contributed by atoms with Gasteiger partial charge < -0.3 is 20.5 Å². The molecule has 112 valence electrons. The number of aliphatic hydroxyl groups excluding tert-OH is 1. The molecule has 1 aliphatic rings. The molecular weight excluding hydrogens is 244 g/mol. The number of hydrogen-bond acceptors (Lipinski definition) is 4. The molecule has 5 heteroatoms. The van der Waals surface area contributed by atoms with Crippen LogP contribution in [0.2, 0.25) is 0 Å². The minimum atomic E-state index is -0.235. The Hall–Kier alpha value is -0.650. The number of carbonyl (C=O) groups is 1. The Bertz CT molecular complexity index is 254. The van der Waals surface area contributed by atoms with Gasteiger partial charge in [-0.25, -0.2) is 0 Å². The molecule has 1 heterocycles. The SMILES string of the molecule is CCCC1(C(=O)NC(CCO)COC)CCNCC1. The monoisotopic (exact) mass is 272 g/mol. The topological polar surface area (TPSA) is 70.6 Å². The molecule has 1 aliphatic heterocycles. The zero-order valence-corrected chi connectivity index (χ0v) is 12.2. The molecule has 5 nitrogen and oxygen atoms in total. The van der Waals surface area contributed by atoms with E-state index in [9.17, 15) is 4.79 Å². The van der Waals surface area contributed by atoms with Gasteiger partial charge in [0.15, 0.2) is 0 Å². The van der Waals surface area contributed by atoms with E-state index < -0.39 is 0 Å². The van der Waals surface area contributed by atoms with Crippen LogP contribution in [-0.2, 0) is 9.53 Å². The third-order valence-electron chi connectivity index (χ3n) is 3.95. The highest BCUT2D eigenvalue weighted by Crippen LogP contribution is 2.34. The molecule has 1 rings (SSSR count). The van der Waals surface area contributed by atoms with Gasteiger partial charge in [-0.3, -0.25) is 4.79 Å². The largest absolute Gasteiger partial charge is 0.396 e. The molecule has 0 aromatic heterocycles. The van der Waals surface area contributed by atoms with Crippen LogP contribution in [0.25, 0.3) is 0 Å². The van der Waals surface area contributed by atoms with Crippen molar-refractivity contribution >= 4 is 5.91 Å². The van der Waals surface area contributed by atoms with Crippen molar-refractivity contribution in [2.75, 3.05) is 33.4 Å². The van der Waals surface area contributed by atoms with Crippen molar-refractivity contribution in [2.24, 2.45) is 5.41 Å². The van der Waals surface area contributed by atoms with E-state index in [0.717, 1.165) is 38.8 Å². The number of hydrogen-bond donors (Lipinski definition) is 3. The molecule has 0 bridgehead atoms. The highest BCUT2D eigenvalue weighted by atomic mass is 16.5. The van der Waals surface area contributed by atoms with Crippen LogP contribution in [0.15, 0.2) is 0 Å². The summed E-state index contributed by atoms with van der Waals surface area (Å²) >= 11 is 0. The summed E-state index contributed by atoms with van der Waals surface area (Å²) in [5, 5.41) is 15.4. The lowest BCUT2D eigenvalue weighted by Crippen LogP contribution is -2.51. The second-order valence-corrected chi connectivity index (χ2v) is 5.42. The molecule has 0 radical (unpaired) electrons. The quantitative estimate of drug-likeness (QED) is 0.607. The number of amides is 1. The highest BCUT2D eigenvalue weighted by molar-refractivity contribution is 5.83. The maximum absolute atomic E-state index is 12.6. The van der Waals surface area contributed by atoms with E-state index in [-0.39, 0.29) is 24.0 Å². The molecule has 0 saturated carbocycles. The van der Waals surface area contributed by atoms with Crippen molar-refractivity contribution in [2.45, 2.75) is 45.1 Å². The van der Waals surface area contributed by atoms with Crippen molar-refractivity contribution in [3.63, 3.8) is 0 Å². The number of nitrogens with one attached hydrogen (secondary N) is 2. The van der Waals surface area contributed by atoms with Gasteiger partial charge in [0.25, 0.3) is 0 Å². The average Bonchev–Trinajstić information content (AvgIpc) is 2.40. The van der Waals surface area contributed by atoms with Crippen LogP contribution < -0.4 is 10.6 Å². The van der Waals surface area contributed by atoms with Gasteiger partial charge in [0, 0.05) is 13.7 Å². The van der Waals surface area contributed by atoms with Crippen LogP contribution in [0.1, 0.15) is 39.0 Å². The number of rotatable bonds is 8. The first-order valence-electron chi connectivity index (χ1n) is 7.30. The van der Waals surface area contributed by atoms with Gasteiger partial charge in [0.05, 0.1) is 18.1 Å². The fourth-order valence-corrected chi connectivity index (χ4v) is 2.87. The molecule has 1 unspecified atom stereocenters. The van der Waals surface area contributed by atoms with Crippen molar-refractivity contribution in [3.05, 3.63) is 0 Å². The maximum Gasteiger partial charge on any atom is 0.226 e. The molecule has 1 saturated heterocycles. The van der Waals surface area contributed by atoms with E-state index in [2.05, 4.69) is 17.6 Å². The standard InChI is InChI=1S/C14H28N2O3/c1-3-5-14(6-8-15-9-7-14)13(18)16-12(4-10-17)11-19-2/h12,15,17H,3-11H2,1-2H3,(H,16,18). The summed E-state index contributed by atoms with van der Waals surface area (Å²) in [7, 11) is 1.61. The van der Waals surface area contributed by atoms with Crippen molar-refractivity contribution in [1.29, 1.82) is 0 Å². The Morgan fingerprint density at radius 1 is 1.47 bits per heavy atom. The lowest BCUT2D eigenvalue weighted by Gasteiger charge is -2.37. The molecule has 0 aromatic carbocycles. The summed E-state index contributed by atoms with van der Waals surface area (Å²) in [4.78, 5) is 12.6. The third kappa shape index (κ3) is 4.75. The summed E-state index contributed by atoms with van der Waals surface area (Å²) in [6.45, 7) is 4.45. The van der Waals surface area contributed by atoms with Crippen LogP contribution in [-0.4, -0.2) is 50.5 Å². The van der Waals surface area contributed by atoms with E-state index >= 15 is 0 Å². The van der Waals surface area contributed by atoms with Gasteiger partial charge in [0.2, 0.25) is 5.91 Å². The van der Waals surface area contributed by atoms with E-state index in [1.54, 1.807) is 7.11 Å². The van der Waals surface area contributed by atoms with Gasteiger partial charge >= 0.3 is 0 Å². The molecule has 1 atom stereocenters. The van der Waals surface area contributed by atoms with Gasteiger partial charge in [-0.05, 0) is 38.8 Å². The fourth-order valence-electron chi connectivity index (χ4n) is 2.87. The molecule has 0 aliphatic carbocycles. The maximum atomic E-state index is 12.6. The van der Waals surface area contributed by atoms with Crippen LogP contribution in [0, 0.1) is 5.41 Å². The second-order valence-electron chi connectivity index (χ2n) is 5.42. The molecular formula is C14H28N2O3. The Morgan fingerprint density at radius 3 is 2.68 bits per heavy atom. The summed E-state index contributed by atoms with van der Waals surface area (Å²) in [6, 6.07) is -0.0916. The van der Waals surface area contributed by atoms with Crippen LogP contribution in [0.3, 0.4) is 0 Å². The van der Waals surface area contributed by atoms with E-state index in [1.807, 2.05) is 0 Å². The summed E-state index contributed by atoms with van der Waals surface area (Å²) in [5.74, 6) is 0.131. The normalized spacial score (nSPS) is 19.9. The van der Waals surface area contributed by atoms with Gasteiger partial charge in [-0.15, -0.1) is 0 Å². The van der Waals surface area contributed by atoms with Gasteiger partial charge in [-0.2, -0.15) is 0 Å².